The standard InChI is InChI=1S/C18H22F3N3O2/c1-17(2,3)14-9-16(26-23-14)22-15(25)11-24(4)10-12-5-7-13(8-6-12)18(19,20)21/h5-9H,10-11H2,1-4H3,(H,22,25)/p+1. The van der Waals surface area contributed by atoms with Crippen molar-refractivity contribution in [3.63, 3.8) is 0 Å². The smallest absolute Gasteiger partial charge is 0.338 e. The maximum Gasteiger partial charge on any atom is 0.416 e. The number of quaternary nitrogens is 1. The van der Waals surface area contributed by atoms with Crippen LogP contribution in [0.2, 0.25) is 0 Å². The van der Waals surface area contributed by atoms with Gasteiger partial charge in [0.15, 0.2) is 6.54 Å². The van der Waals surface area contributed by atoms with E-state index in [1.54, 1.807) is 13.1 Å². The zero-order chi connectivity index (χ0) is 19.5. The minimum Gasteiger partial charge on any atom is -0.338 e. The van der Waals surface area contributed by atoms with Gasteiger partial charge in [-0.25, -0.2) is 0 Å². The number of aromatic nitrogens is 1. The Hall–Kier alpha value is -2.35. The summed E-state index contributed by atoms with van der Waals surface area (Å²) in [6, 6.07) is 6.63. The highest BCUT2D eigenvalue weighted by atomic mass is 19.4. The molecule has 0 saturated carbocycles. The van der Waals surface area contributed by atoms with E-state index in [0.29, 0.717) is 6.54 Å². The normalized spacial score (nSPS) is 13.5. The fraction of sp³-hybridized carbons (Fsp3) is 0.444. The van der Waals surface area contributed by atoms with Crippen LogP contribution >= 0.6 is 0 Å². The first kappa shape index (κ1) is 20.0. The fourth-order valence-corrected chi connectivity index (χ4v) is 2.37. The third-order valence-electron chi connectivity index (χ3n) is 3.79. The van der Waals surface area contributed by atoms with Crippen LogP contribution < -0.4 is 10.2 Å². The summed E-state index contributed by atoms with van der Waals surface area (Å²) >= 11 is 0. The maximum atomic E-state index is 12.6. The second-order valence-electron chi connectivity index (χ2n) is 7.38. The molecule has 26 heavy (non-hydrogen) atoms. The van der Waals surface area contributed by atoms with Gasteiger partial charge in [0, 0.05) is 17.0 Å². The number of nitrogens with one attached hydrogen (secondary N) is 2. The Morgan fingerprint density at radius 3 is 2.31 bits per heavy atom. The number of benzene rings is 1. The first-order valence-electron chi connectivity index (χ1n) is 8.19. The minimum absolute atomic E-state index is 0.145. The average molecular weight is 370 g/mol. The number of anilines is 1. The van der Waals surface area contributed by atoms with Crippen molar-refractivity contribution in [3.05, 3.63) is 47.2 Å². The number of hydrogen-bond donors (Lipinski definition) is 2. The van der Waals surface area contributed by atoms with Crippen molar-refractivity contribution >= 4 is 11.8 Å². The van der Waals surface area contributed by atoms with Crippen LogP contribution in [0.25, 0.3) is 0 Å². The van der Waals surface area contributed by atoms with Gasteiger partial charge in [-0.2, -0.15) is 13.2 Å². The molecule has 8 heteroatoms. The lowest BCUT2D eigenvalue weighted by atomic mass is 9.92. The van der Waals surface area contributed by atoms with Crippen molar-refractivity contribution in [1.29, 1.82) is 0 Å². The number of carbonyl (C=O) groups is 1. The van der Waals surface area contributed by atoms with Gasteiger partial charge in [-0.3, -0.25) is 10.1 Å². The summed E-state index contributed by atoms with van der Waals surface area (Å²) < 4.78 is 42.8. The lowest BCUT2D eigenvalue weighted by Crippen LogP contribution is -3.08. The van der Waals surface area contributed by atoms with Crippen molar-refractivity contribution in [2.24, 2.45) is 0 Å². The molecule has 142 valence electrons. The van der Waals surface area contributed by atoms with Crippen molar-refractivity contribution in [1.82, 2.24) is 5.16 Å². The van der Waals surface area contributed by atoms with E-state index in [0.717, 1.165) is 28.3 Å². The summed E-state index contributed by atoms with van der Waals surface area (Å²) in [6.07, 6.45) is -4.35. The minimum atomic E-state index is -4.35. The van der Waals surface area contributed by atoms with Crippen molar-refractivity contribution < 1.29 is 27.4 Å². The highest BCUT2D eigenvalue weighted by Gasteiger charge is 2.30. The molecule has 0 spiro atoms. The van der Waals surface area contributed by atoms with Crippen molar-refractivity contribution in [2.45, 2.75) is 38.9 Å². The zero-order valence-electron chi connectivity index (χ0n) is 15.2. The molecule has 0 saturated heterocycles. The second kappa shape index (κ2) is 7.49. The van der Waals surface area contributed by atoms with E-state index in [4.69, 9.17) is 4.52 Å². The molecule has 1 heterocycles. The van der Waals surface area contributed by atoms with E-state index in [9.17, 15) is 18.0 Å². The predicted molar refractivity (Wildman–Crippen MR) is 90.7 cm³/mol. The third-order valence-corrected chi connectivity index (χ3v) is 3.79. The molecule has 2 rings (SSSR count). The quantitative estimate of drug-likeness (QED) is 0.851. The van der Waals surface area contributed by atoms with Crippen LogP contribution in [0.4, 0.5) is 19.1 Å². The molecule has 0 aliphatic heterocycles. The molecule has 2 N–H and O–H groups in total. The summed E-state index contributed by atoms with van der Waals surface area (Å²) in [5, 5.41) is 6.57. The first-order chi connectivity index (χ1) is 11.9. The van der Waals surface area contributed by atoms with Crippen LogP contribution in [-0.4, -0.2) is 24.7 Å². The molecule has 0 fully saturated rings. The molecule has 1 amide bonds. The Morgan fingerprint density at radius 2 is 1.81 bits per heavy atom. The molecule has 0 radical (unpaired) electrons. The highest BCUT2D eigenvalue weighted by molar-refractivity contribution is 5.90. The van der Waals surface area contributed by atoms with E-state index in [1.165, 1.54) is 12.1 Å². The van der Waals surface area contributed by atoms with Crippen molar-refractivity contribution in [3.8, 4) is 0 Å². The lowest BCUT2D eigenvalue weighted by Gasteiger charge is -2.14. The van der Waals surface area contributed by atoms with E-state index >= 15 is 0 Å². The number of nitrogens with zero attached hydrogens (tertiary/aromatic N) is 1. The van der Waals surface area contributed by atoms with E-state index in [2.05, 4.69) is 10.5 Å². The average Bonchev–Trinajstić information content (AvgIpc) is 2.95. The maximum absolute atomic E-state index is 12.6. The Morgan fingerprint density at radius 1 is 1.19 bits per heavy atom. The van der Waals surface area contributed by atoms with Gasteiger partial charge in [-0.1, -0.05) is 38.1 Å². The summed E-state index contributed by atoms with van der Waals surface area (Å²) in [7, 11) is 1.79. The molecule has 1 aromatic heterocycles. The Kier molecular flexibility index (Phi) is 5.75. The van der Waals surface area contributed by atoms with Gasteiger partial charge in [0.25, 0.3) is 5.91 Å². The molecular weight excluding hydrogens is 347 g/mol. The molecule has 5 nitrogen and oxygen atoms in total. The lowest BCUT2D eigenvalue weighted by molar-refractivity contribution is -0.885. The van der Waals surface area contributed by atoms with Gasteiger partial charge < -0.3 is 9.42 Å². The van der Waals surface area contributed by atoms with Crippen LogP contribution in [0.5, 0.6) is 0 Å². The predicted octanol–water partition coefficient (Wildman–Crippen LogP) is 2.64. The van der Waals surface area contributed by atoms with Gasteiger partial charge in [-0.15, -0.1) is 0 Å². The molecule has 1 atom stereocenters. The van der Waals surface area contributed by atoms with E-state index in [-0.39, 0.29) is 23.8 Å². The zero-order valence-corrected chi connectivity index (χ0v) is 15.2. The number of halogens is 3. The van der Waals surface area contributed by atoms with E-state index in [1.807, 2.05) is 20.8 Å². The van der Waals surface area contributed by atoms with Crippen LogP contribution in [0.3, 0.4) is 0 Å². The fourth-order valence-electron chi connectivity index (χ4n) is 2.37. The topological polar surface area (TPSA) is 59.6 Å². The molecule has 1 aromatic carbocycles. The van der Waals surface area contributed by atoms with Crippen LogP contribution in [0.15, 0.2) is 34.9 Å². The Labute approximate surface area is 150 Å². The number of carbonyl (C=O) groups excluding carboxylic acids is 1. The Balaban J connectivity index is 1.88. The summed E-state index contributed by atoms with van der Waals surface area (Å²) in [4.78, 5) is 12.9. The summed E-state index contributed by atoms with van der Waals surface area (Å²) in [6.45, 7) is 6.52. The third kappa shape index (κ3) is 5.59. The molecule has 0 aliphatic rings. The van der Waals surface area contributed by atoms with Gasteiger partial charge in [0.2, 0.25) is 5.88 Å². The number of rotatable bonds is 5. The van der Waals surface area contributed by atoms with Crippen LogP contribution in [0.1, 0.15) is 37.6 Å². The second-order valence-corrected chi connectivity index (χ2v) is 7.38. The number of amides is 1. The van der Waals surface area contributed by atoms with Gasteiger partial charge in [0.05, 0.1) is 18.3 Å². The summed E-state index contributed by atoms with van der Waals surface area (Å²) in [5.74, 6) is 0.0216. The van der Waals surface area contributed by atoms with Crippen LogP contribution in [0, 0.1) is 0 Å². The van der Waals surface area contributed by atoms with E-state index < -0.39 is 11.7 Å². The van der Waals surface area contributed by atoms with Gasteiger partial charge in [-0.05, 0) is 12.1 Å². The number of likely N-dealkylation sites (N-methyl/N-ethyl adjacent to an activating group) is 1. The van der Waals surface area contributed by atoms with Gasteiger partial charge >= 0.3 is 6.18 Å². The molecule has 2 aromatic rings. The molecule has 1 unspecified atom stereocenters. The Bertz CT molecular complexity index is 746. The van der Waals surface area contributed by atoms with Crippen molar-refractivity contribution in [2.75, 3.05) is 18.9 Å². The number of alkyl halides is 3. The molecular formula is C18H23F3N3O2+. The molecule has 0 bridgehead atoms. The first-order valence-corrected chi connectivity index (χ1v) is 8.19. The molecule has 0 aliphatic carbocycles. The highest BCUT2D eigenvalue weighted by Crippen LogP contribution is 2.29. The summed E-state index contributed by atoms with van der Waals surface area (Å²) in [5.41, 5.74) is 0.588. The van der Waals surface area contributed by atoms with Gasteiger partial charge in [0.1, 0.15) is 6.54 Å². The SMILES string of the molecule is C[NH+](CC(=O)Nc1cc(C(C)(C)C)no1)Cc1ccc(C(F)(F)F)cc1. The van der Waals surface area contributed by atoms with Crippen LogP contribution in [-0.2, 0) is 22.9 Å². The number of hydrogen-bond acceptors (Lipinski definition) is 3. The largest absolute Gasteiger partial charge is 0.416 e. The monoisotopic (exact) mass is 370 g/mol.